The van der Waals surface area contributed by atoms with Gasteiger partial charge in [0, 0.05) is 39.2 Å². The normalized spacial score (nSPS) is 12.9. The number of anilines is 6. The molecule has 1 aliphatic carbocycles. The third kappa shape index (κ3) is 6.19. The van der Waals surface area contributed by atoms with Crippen LogP contribution >= 0.6 is 0 Å². The van der Waals surface area contributed by atoms with Crippen molar-refractivity contribution in [1.29, 1.82) is 0 Å². The van der Waals surface area contributed by atoms with Gasteiger partial charge in [-0.3, -0.25) is 0 Å². The van der Waals surface area contributed by atoms with Gasteiger partial charge >= 0.3 is 0 Å². The third-order valence-corrected chi connectivity index (χ3v) is 15.1. The highest BCUT2D eigenvalue weighted by molar-refractivity contribution is 6.25. The number of hydrogen-bond donors (Lipinski definition) is 0. The highest BCUT2D eigenvalue weighted by Gasteiger charge is 2.35. The van der Waals surface area contributed by atoms with Crippen molar-refractivity contribution in [2.75, 3.05) is 9.80 Å². The Morgan fingerprint density at radius 2 is 0.667 bits per heavy atom. The molecule has 69 heavy (non-hydrogen) atoms. The van der Waals surface area contributed by atoms with Gasteiger partial charge in [0.05, 0.1) is 5.69 Å². The molecule has 2 nitrogen and oxygen atoms in total. The van der Waals surface area contributed by atoms with Gasteiger partial charge in [-0.25, -0.2) is 0 Å². The molecule has 14 rings (SSSR count). The summed E-state index contributed by atoms with van der Waals surface area (Å²) in [5.41, 5.74) is 11.8. The van der Waals surface area contributed by atoms with Crippen molar-refractivity contribution in [3.8, 4) is 11.1 Å². The molecule has 13 aromatic rings. The predicted molar refractivity (Wildman–Crippen MR) is 296 cm³/mol. The van der Waals surface area contributed by atoms with E-state index in [1.165, 1.54) is 97.7 Å². The van der Waals surface area contributed by atoms with Gasteiger partial charge in [-0.05, 0) is 165 Å². The summed E-state index contributed by atoms with van der Waals surface area (Å²) in [5.74, 6) is 0. The van der Waals surface area contributed by atoms with Crippen LogP contribution in [0.4, 0.5) is 34.1 Å². The van der Waals surface area contributed by atoms with Gasteiger partial charge in [-0.1, -0.05) is 184 Å². The quantitative estimate of drug-likeness (QED) is 0.154. The summed E-state index contributed by atoms with van der Waals surface area (Å²) in [6.07, 6.45) is 0. The molecule has 324 valence electrons. The first-order valence-electron chi connectivity index (χ1n) is 24.1. The topological polar surface area (TPSA) is 6.48 Å². The van der Waals surface area contributed by atoms with Gasteiger partial charge in [0.15, 0.2) is 0 Å². The average molecular weight is 879 g/mol. The molecule has 13 aromatic carbocycles. The van der Waals surface area contributed by atoms with E-state index in [2.05, 4.69) is 266 Å². The van der Waals surface area contributed by atoms with Crippen molar-refractivity contribution in [3.63, 3.8) is 0 Å². The van der Waals surface area contributed by atoms with Crippen LogP contribution < -0.4 is 9.80 Å². The highest BCUT2D eigenvalue weighted by atomic mass is 15.1. The van der Waals surface area contributed by atoms with Gasteiger partial charge < -0.3 is 9.80 Å². The van der Waals surface area contributed by atoms with Gasteiger partial charge in [-0.15, -0.1) is 0 Å². The molecule has 0 aliphatic heterocycles. The maximum absolute atomic E-state index is 2.50. The fourth-order valence-corrected chi connectivity index (χ4v) is 11.7. The summed E-state index contributed by atoms with van der Waals surface area (Å²) in [5, 5.41) is 17.4. The van der Waals surface area contributed by atoms with E-state index in [0.29, 0.717) is 0 Å². The zero-order chi connectivity index (χ0) is 45.8. The van der Waals surface area contributed by atoms with Crippen LogP contribution in [0.15, 0.2) is 243 Å². The molecule has 2 heteroatoms. The largest absolute Gasteiger partial charge is 0.310 e. The standard InChI is InChI=1S/C67H46N2/c1-67(2)63-25-13-24-59-61-42-65(69(53-32-28-45-16-5-9-20-49(45)38-53)54-33-29-46-17-6-10-21-50(46)39-54)58-23-12-11-22-56(58)60(61)41-62(66(59)63)57-35-34-55(40-64(57)67)68(51-30-26-43-14-3-7-18-47(43)36-51)52-31-27-44-15-4-8-19-48(44)37-52/h3-42H,1-2H3. The molecule has 0 N–H and O–H groups in total. The molecular formula is C67H46N2. The maximum Gasteiger partial charge on any atom is 0.0546 e. The van der Waals surface area contributed by atoms with E-state index in [0.717, 1.165) is 34.1 Å². The summed E-state index contributed by atoms with van der Waals surface area (Å²) in [6.45, 7) is 4.84. The minimum absolute atomic E-state index is 0.300. The van der Waals surface area contributed by atoms with Gasteiger partial charge in [0.25, 0.3) is 0 Å². The van der Waals surface area contributed by atoms with E-state index in [-0.39, 0.29) is 5.41 Å². The lowest BCUT2D eigenvalue weighted by Gasteiger charge is -2.37. The Balaban J connectivity index is 0.997. The van der Waals surface area contributed by atoms with Gasteiger partial charge in [-0.2, -0.15) is 0 Å². The van der Waals surface area contributed by atoms with Crippen LogP contribution in [0.25, 0.3) is 86.5 Å². The first kappa shape index (κ1) is 39.4. The van der Waals surface area contributed by atoms with Crippen molar-refractivity contribution in [1.82, 2.24) is 0 Å². The molecule has 0 spiro atoms. The number of fused-ring (bicyclic) bond motifs is 10. The smallest absolute Gasteiger partial charge is 0.0546 e. The molecular weight excluding hydrogens is 833 g/mol. The van der Waals surface area contributed by atoms with Crippen LogP contribution in [0.2, 0.25) is 0 Å². The van der Waals surface area contributed by atoms with E-state index in [9.17, 15) is 0 Å². The summed E-state index contributed by atoms with van der Waals surface area (Å²) >= 11 is 0. The summed E-state index contributed by atoms with van der Waals surface area (Å²) in [4.78, 5) is 4.92. The van der Waals surface area contributed by atoms with Crippen LogP contribution in [0.3, 0.4) is 0 Å². The van der Waals surface area contributed by atoms with Crippen molar-refractivity contribution >= 4 is 110 Å². The first-order chi connectivity index (χ1) is 33.9. The van der Waals surface area contributed by atoms with E-state index < -0.39 is 0 Å². The SMILES string of the molecule is CC1(C)c2cc(N(c3ccc4ccccc4c3)c3ccc4ccccc4c3)ccc2-c2cc3c4ccccc4c(N(c4ccc5ccccc5c4)c4ccc5ccccc5c4)cc3c3cccc1c23. The highest BCUT2D eigenvalue weighted by Crippen LogP contribution is 2.54. The summed E-state index contributed by atoms with van der Waals surface area (Å²) < 4.78 is 0. The average Bonchev–Trinajstić information content (AvgIpc) is 3.40. The molecule has 0 aromatic heterocycles. The van der Waals surface area contributed by atoms with Crippen molar-refractivity contribution in [3.05, 3.63) is 254 Å². The summed E-state index contributed by atoms with van der Waals surface area (Å²) in [7, 11) is 0. The Labute approximate surface area is 401 Å². The Morgan fingerprint density at radius 1 is 0.261 bits per heavy atom. The second kappa shape index (κ2) is 15.2. The summed E-state index contributed by atoms with van der Waals surface area (Å²) in [6, 6.07) is 90.3. The molecule has 0 unspecified atom stereocenters. The molecule has 0 fully saturated rings. The van der Waals surface area contributed by atoms with E-state index in [4.69, 9.17) is 0 Å². The van der Waals surface area contributed by atoms with Gasteiger partial charge in [0.1, 0.15) is 0 Å². The van der Waals surface area contributed by atoms with Crippen LogP contribution in [-0.4, -0.2) is 0 Å². The van der Waals surface area contributed by atoms with E-state index in [1.807, 2.05) is 0 Å². The lowest BCUT2D eigenvalue weighted by molar-refractivity contribution is 0.645. The van der Waals surface area contributed by atoms with E-state index >= 15 is 0 Å². The Bertz CT molecular complexity index is 4100. The van der Waals surface area contributed by atoms with Crippen molar-refractivity contribution < 1.29 is 0 Å². The molecule has 0 amide bonds. The molecule has 1 aliphatic rings. The number of rotatable bonds is 6. The Morgan fingerprint density at radius 3 is 1.19 bits per heavy atom. The number of hydrogen-bond acceptors (Lipinski definition) is 2. The minimum Gasteiger partial charge on any atom is -0.310 e. The zero-order valence-electron chi connectivity index (χ0n) is 38.5. The Kier molecular flexibility index (Phi) is 8.66. The number of benzene rings is 13. The van der Waals surface area contributed by atoms with E-state index in [1.54, 1.807) is 0 Å². The fraction of sp³-hybridized carbons (Fsp3) is 0.0448. The maximum atomic E-state index is 2.50. The Hall–Kier alpha value is -8.72. The minimum atomic E-state index is -0.300. The first-order valence-corrected chi connectivity index (χ1v) is 24.1. The van der Waals surface area contributed by atoms with Crippen LogP contribution in [0.1, 0.15) is 25.0 Å². The monoisotopic (exact) mass is 878 g/mol. The lowest BCUT2D eigenvalue weighted by atomic mass is 9.68. The molecule has 0 saturated heterocycles. The van der Waals surface area contributed by atoms with Gasteiger partial charge in [0.2, 0.25) is 0 Å². The zero-order valence-corrected chi connectivity index (χ0v) is 38.5. The molecule has 0 radical (unpaired) electrons. The second-order valence-corrected chi connectivity index (χ2v) is 19.3. The fourth-order valence-electron chi connectivity index (χ4n) is 11.7. The van der Waals surface area contributed by atoms with Crippen molar-refractivity contribution in [2.24, 2.45) is 0 Å². The molecule has 0 atom stereocenters. The molecule has 0 bridgehead atoms. The van der Waals surface area contributed by atoms with Crippen LogP contribution in [0, 0.1) is 0 Å². The third-order valence-electron chi connectivity index (χ3n) is 15.1. The second-order valence-electron chi connectivity index (χ2n) is 19.3. The van der Waals surface area contributed by atoms with Crippen LogP contribution in [0.5, 0.6) is 0 Å². The number of nitrogens with zero attached hydrogens (tertiary/aromatic N) is 2. The molecule has 0 heterocycles. The van der Waals surface area contributed by atoms with Crippen molar-refractivity contribution in [2.45, 2.75) is 19.3 Å². The predicted octanol–water partition coefficient (Wildman–Crippen LogP) is 19.0. The molecule has 0 saturated carbocycles. The lowest BCUT2D eigenvalue weighted by Crippen LogP contribution is -2.24. The van der Waals surface area contributed by atoms with Crippen LogP contribution in [-0.2, 0) is 5.41 Å².